The molecular weight excluding hydrogens is 276 g/mol. The Balaban J connectivity index is 1.89. The van der Waals surface area contributed by atoms with E-state index in [9.17, 15) is 0 Å². The second-order valence-corrected chi connectivity index (χ2v) is 5.22. The Kier molecular flexibility index (Phi) is 2.75. The number of nitrogens with zero attached hydrogens (tertiary/aromatic N) is 5. The fraction of sp³-hybridized carbons (Fsp3) is 0.125. The minimum atomic E-state index is 0.709. The molecule has 0 unspecified atom stereocenters. The van der Waals surface area contributed by atoms with Gasteiger partial charge in [-0.2, -0.15) is 5.10 Å². The number of fused-ring (bicyclic) bond motifs is 1. The quantitative estimate of drug-likeness (QED) is 0.616. The van der Waals surface area contributed by atoms with Crippen LogP contribution in [0.5, 0.6) is 0 Å². The summed E-state index contributed by atoms with van der Waals surface area (Å²) in [7, 11) is 1.92. The Hall–Kier alpha value is -3.02. The SMILES string of the molecule is Cc1nn(C)cc1-c1cncc(-c2ccnc3nc[nH]c23)c1. The van der Waals surface area contributed by atoms with Crippen molar-refractivity contribution in [2.24, 2.45) is 7.05 Å². The highest BCUT2D eigenvalue weighted by atomic mass is 15.2. The summed E-state index contributed by atoms with van der Waals surface area (Å²) in [5.74, 6) is 0. The smallest absolute Gasteiger partial charge is 0.178 e. The van der Waals surface area contributed by atoms with Crippen LogP contribution < -0.4 is 0 Å². The molecule has 0 spiro atoms. The lowest BCUT2D eigenvalue weighted by atomic mass is 10.0. The molecule has 0 aliphatic heterocycles. The van der Waals surface area contributed by atoms with E-state index in [1.165, 1.54) is 0 Å². The van der Waals surface area contributed by atoms with E-state index in [0.717, 1.165) is 33.5 Å². The lowest BCUT2D eigenvalue weighted by Crippen LogP contribution is -1.87. The van der Waals surface area contributed by atoms with Gasteiger partial charge in [-0.15, -0.1) is 0 Å². The predicted octanol–water partition coefficient (Wildman–Crippen LogP) is 2.73. The van der Waals surface area contributed by atoms with Gasteiger partial charge in [-0.1, -0.05) is 0 Å². The van der Waals surface area contributed by atoms with Gasteiger partial charge in [0.2, 0.25) is 0 Å². The van der Waals surface area contributed by atoms with Crippen molar-refractivity contribution in [2.75, 3.05) is 0 Å². The maximum absolute atomic E-state index is 4.39. The molecule has 6 nitrogen and oxygen atoms in total. The molecule has 0 saturated carbocycles. The summed E-state index contributed by atoms with van der Waals surface area (Å²) < 4.78 is 1.82. The first-order valence-corrected chi connectivity index (χ1v) is 6.96. The summed E-state index contributed by atoms with van der Waals surface area (Å²) in [5, 5.41) is 4.39. The normalized spacial score (nSPS) is 11.2. The second-order valence-electron chi connectivity index (χ2n) is 5.22. The summed E-state index contributed by atoms with van der Waals surface area (Å²) in [5.41, 5.74) is 6.82. The molecule has 0 aliphatic rings. The van der Waals surface area contributed by atoms with Gasteiger partial charge in [0.25, 0.3) is 0 Å². The van der Waals surface area contributed by atoms with E-state index in [0.29, 0.717) is 5.65 Å². The number of hydrogen-bond donors (Lipinski definition) is 1. The number of aromatic amines is 1. The summed E-state index contributed by atoms with van der Waals surface area (Å²) in [4.78, 5) is 16.0. The number of pyridine rings is 2. The zero-order valence-electron chi connectivity index (χ0n) is 12.3. The minimum Gasteiger partial charge on any atom is -0.343 e. The summed E-state index contributed by atoms with van der Waals surface area (Å²) in [6.07, 6.45) is 9.14. The first-order valence-electron chi connectivity index (χ1n) is 6.96. The standard InChI is InChI=1S/C16H14N6/c1-10-14(8-22(2)21-10)12-5-11(6-17-7-12)13-3-4-18-16-15(13)19-9-20-16/h3-9H,1-2H3,(H,18,19,20). The number of hydrogen-bond acceptors (Lipinski definition) is 4. The van der Waals surface area contributed by atoms with Crippen molar-refractivity contribution < 1.29 is 0 Å². The molecule has 0 fully saturated rings. The van der Waals surface area contributed by atoms with Crippen LogP contribution in [0, 0.1) is 6.92 Å². The molecular formula is C16H14N6. The van der Waals surface area contributed by atoms with Crippen molar-refractivity contribution in [2.45, 2.75) is 6.92 Å². The molecule has 0 saturated heterocycles. The van der Waals surface area contributed by atoms with Gasteiger partial charge in [0.15, 0.2) is 5.65 Å². The van der Waals surface area contributed by atoms with Gasteiger partial charge in [-0.25, -0.2) is 9.97 Å². The van der Waals surface area contributed by atoms with Gasteiger partial charge in [0.05, 0.1) is 17.5 Å². The first kappa shape index (κ1) is 12.7. The monoisotopic (exact) mass is 290 g/mol. The molecule has 0 amide bonds. The lowest BCUT2D eigenvalue weighted by molar-refractivity contribution is 0.756. The minimum absolute atomic E-state index is 0.709. The molecule has 4 heterocycles. The molecule has 4 aromatic rings. The van der Waals surface area contributed by atoms with Crippen LogP contribution in [0.15, 0.2) is 43.2 Å². The molecule has 22 heavy (non-hydrogen) atoms. The third-order valence-corrected chi connectivity index (χ3v) is 3.70. The van der Waals surface area contributed by atoms with Crippen LogP contribution in [0.2, 0.25) is 0 Å². The number of nitrogens with one attached hydrogen (secondary N) is 1. The Morgan fingerprint density at radius 1 is 1.09 bits per heavy atom. The average Bonchev–Trinajstić information content (AvgIpc) is 3.13. The van der Waals surface area contributed by atoms with Crippen molar-refractivity contribution in [1.29, 1.82) is 0 Å². The Morgan fingerprint density at radius 2 is 1.91 bits per heavy atom. The van der Waals surface area contributed by atoms with Gasteiger partial charge in [0, 0.05) is 54.1 Å². The largest absolute Gasteiger partial charge is 0.343 e. The Bertz CT molecular complexity index is 966. The molecule has 0 bridgehead atoms. The second kappa shape index (κ2) is 4.77. The van der Waals surface area contributed by atoms with Gasteiger partial charge >= 0.3 is 0 Å². The zero-order valence-corrected chi connectivity index (χ0v) is 12.3. The highest BCUT2D eigenvalue weighted by Crippen LogP contribution is 2.29. The Labute approximate surface area is 126 Å². The third-order valence-electron chi connectivity index (χ3n) is 3.70. The topological polar surface area (TPSA) is 72.3 Å². The van der Waals surface area contributed by atoms with Crippen molar-refractivity contribution in [3.05, 3.63) is 48.9 Å². The first-order chi connectivity index (χ1) is 10.7. The maximum Gasteiger partial charge on any atom is 0.178 e. The molecule has 108 valence electrons. The van der Waals surface area contributed by atoms with Crippen LogP contribution in [0.25, 0.3) is 33.4 Å². The molecule has 0 atom stereocenters. The molecule has 6 heteroatoms. The van der Waals surface area contributed by atoms with Crippen LogP contribution >= 0.6 is 0 Å². The molecule has 0 aliphatic carbocycles. The van der Waals surface area contributed by atoms with Crippen molar-refractivity contribution in [3.8, 4) is 22.3 Å². The zero-order chi connectivity index (χ0) is 15.1. The van der Waals surface area contributed by atoms with E-state index in [2.05, 4.69) is 31.1 Å². The number of rotatable bonds is 2. The van der Waals surface area contributed by atoms with E-state index in [4.69, 9.17) is 0 Å². The van der Waals surface area contributed by atoms with Crippen LogP contribution in [0.1, 0.15) is 5.69 Å². The van der Waals surface area contributed by atoms with Gasteiger partial charge in [-0.3, -0.25) is 9.67 Å². The molecule has 4 rings (SSSR count). The van der Waals surface area contributed by atoms with E-state index < -0.39 is 0 Å². The molecule has 4 aromatic heterocycles. The van der Waals surface area contributed by atoms with Crippen molar-refractivity contribution in [1.82, 2.24) is 29.7 Å². The summed E-state index contributed by atoms with van der Waals surface area (Å²) in [6, 6.07) is 4.09. The summed E-state index contributed by atoms with van der Waals surface area (Å²) >= 11 is 0. The highest BCUT2D eigenvalue weighted by Gasteiger charge is 2.10. The fourth-order valence-corrected chi connectivity index (χ4v) is 2.71. The average molecular weight is 290 g/mol. The van der Waals surface area contributed by atoms with Gasteiger partial charge in [0.1, 0.15) is 0 Å². The number of aryl methyl sites for hydroxylation is 2. The van der Waals surface area contributed by atoms with E-state index in [1.54, 1.807) is 12.5 Å². The van der Waals surface area contributed by atoms with Crippen molar-refractivity contribution >= 4 is 11.2 Å². The van der Waals surface area contributed by atoms with E-state index in [1.807, 2.05) is 43.3 Å². The van der Waals surface area contributed by atoms with Crippen LogP contribution in [0.3, 0.4) is 0 Å². The van der Waals surface area contributed by atoms with E-state index in [-0.39, 0.29) is 0 Å². The highest BCUT2D eigenvalue weighted by molar-refractivity contribution is 5.90. The van der Waals surface area contributed by atoms with Crippen molar-refractivity contribution in [3.63, 3.8) is 0 Å². The third kappa shape index (κ3) is 1.96. The summed E-state index contributed by atoms with van der Waals surface area (Å²) in [6.45, 7) is 2.00. The number of aromatic nitrogens is 6. The number of H-pyrrole nitrogens is 1. The fourth-order valence-electron chi connectivity index (χ4n) is 2.71. The lowest BCUT2D eigenvalue weighted by Gasteiger charge is -2.05. The number of imidazole rings is 1. The van der Waals surface area contributed by atoms with Gasteiger partial charge < -0.3 is 4.98 Å². The predicted molar refractivity (Wildman–Crippen MR) is 84.1 cm³/mol. The molecule has 0 radical (unpaired) electrons. The van der Waals surface area contributed by atoms with Crippen LogP contribution in [-0.4, -0.2) is 29.7 Å². The van der Waals surface area contributed by atoms with E-state index >= 15 is 0 Å². The molecule has 0 aromatic carbocycles. The molecule has 1 N–H and O–H groups in total. The van der Waals surface area contributed by atoms with Crippen LogP contribution in [-0.2, 0) is 7.05 Å². The van der Waals surface area contributed by atoms with Crippen LogP contribution in [0.4, 0.5) is 0 Å². The maximum atomic E-state index is 4.39. The Morgan fingerprint density at radius 3 is 2.68 bits per heavy atom. The van der Waals surface area contributed by atoms with Gasteiger partial charge in [-0.05, 0) is 19.1 Å².